The molecular formula is C26H28ClN3O2. The fourth-order valence-corrected chi connectivity index (χ4v) is 4.00. The summed E-state index contributed by atoms with van der Waals surface area (Å²) in [6.45, 7) is 4.09. The normalized spacial score (nSPS) is 11.1. The molecule has 0 amide bonds. The maximum atomic E-state index is 6.52. The zero-order chi connectivity index (χ0) is 22.3. The molecule has 1 aromatic heterocycles. The van der Waals surface area contributed by atoms with Crippen LogP contribution in [0.1, 0.15) is 28.9 Å². The van der Waals surface area contributed by atoms with Crippen molar-refractivity contribution in [2.45, 2.75) is 32.9 Å². The molecule has 0 saturated heterocycles. The number of aryl methyl sites for hydroxylation is 2. The Hall–Kier alpha value is -3.02. The van der Waals surface area contributed by atoms with Gasteiger partial charge in [0, 0.05) is 13.0 Å². The minimum Gasteiger partial charge on any atom is -0.493 e. The molecule has 4 rings (SSSR count). The van der Waals surface area contributed by atoms with Crippen molar-refractivity contribution >= 4 is 22.6 Å². The fourth-order valence-electron chi connectivity index (χ4n) is 3.71. The van der Waals surface area contributed by atoms with E-state index in [1.54, 1.807) is 7.11 Å². The van der Waals surface area contributed by atoms with Gasteiger partial charge in [-0.25, -0.2) is 4.98 Å². The Morgan fingerprint density at radius 2 is 1.91 bits per heavy atom. The Morgan fingerprint density at radius 3 is 2.72 bits per heavy atom. The molecule has 4 aromatic rings. The van der Waals surface area contributed by atoms with Crippen LogP contribution in [-0.2, 0) is 19.6 Å². The first kappa shape index (κ1) is 22.2. The summed E-state index contributed by atoms with van der Waals surface area (Å²) in [5, 5.41) is 4.02. The number of methoxy groups -OCH3 is 1. The predicted molar refractivity (Wildman–Crippen MR) is 130 cm³/mol. The van der Waals surface area contributed by atoms with Crippen LogP contribution in [0.15, 0.2) is 60.7 Å². The smallest absolute Gasteiger partial charge is 0.180 e. The van der Waals surface area contributed by atoms with Crippen molar-refractivity contribution in [1.82, 2.24) is 15.3 Å². The van der Waals surface area contributed by atoms with Crippen LogP contribution in [0.4, 0.5) is 0 Å². The summed E-state index contributed by atoms with van der Waals surface area (Å²) in [4.78, 5) is 8.00. The number of para-hydroxylation sites is 2. The van der Waals surface area contributed by atoms with Crippen molar-refractivity contribution in [2.24, 2.45) is 0 Å². The fraction of sp³-hybridized carbons (Fsp3) is 0.269. The first-order valence-electron chi connectivity index (χ1n) is 10.8. The first-order chi connectivity index (χ1) is 15.6. The zero-order valence-corrected chi connectivity index (χ0v) is 19.2. The standard InChI is InChI=1S/C26H28ClN3O2/c1-18-7-5-8-19(13-18)17-32-26-21(27)14-20(15-24(26)31-2)16-28-12-6-11-25-29-22-9-3-4-10-23(22)30-25/h3-5,7-10,13-15,28H,6,11-12,16-17H2,1-2H3,(H,29,30). The highest BCUT2D eigenvalue weighted by molar-refractivity contribution is 6.32. The second-order valence-electron chi connectivity index (χ2n) is 7.87. The van der Waals surface area contributed by atoms with Gasteiger partial charge in [-0.15, -0.1) is 0 Å². The van der Waals surface area contributed by atoms with E-state index < -0.39 is 0 Å². The Bertz CT molecular complexity index is 1160. The van der Waals surface area contributed by atoms with Crippen LogP contribution in [0.25, 0.3) is 11.0 Å². The van der Waals surface area contributed by atoms with E-state index >= 15 is 0 Å². The maximum absolute atomic E-state index is 6.52. The molecule has 0 aliphatic heterocycles. The van der Waals surface area contributed by atoms with E-state index in [0.29, 0.717) is 29.7 Å². The molecule has 0 bridgehead atoms. The average Bonchev–Trinajstić information content (AvgIpc) is 3.20. The van der Waals surface area contributed by atoms with Crippen LogP contribution in [0.5, 0.6) is 11.5 Å². The van der Waals surface area contributed by atoms with Crippen molar-refractivity contribution in [1.29, 1.82) is 0 Å². The van der Waals surface area contributed by atoms with E-state index in [1.807, 2.05) is 42.5 Å². The number of ether oxygens (including phenoxy) is 2. The number of fused-ring (bicyclic) bond motifs is 1. The van der Waals surface area contributed by atoms with Crippen LogP contribution >= 0.6 is 11.6 Å². The number of nitrogens with zero attached hydrogens (tertiary/aromatic N) is 1. The van der Waals surface area contributed by atoms with Gasteiger partial charge in [-0.05, 0) is 55.3 Å². The van der Waals surface area contributed by atoms with Crippen molar-refractivity contribution in [3.63, 3.8) is 0 Å². The summed E-state index contributed by atoms with van der Waals surface area (Å²) in [7, 11) is 1.63. The Kier molecular flexibility index (Phi) is 7.30. The van der Waals surface area contributed by atoms with Crippen molar-refractivity contribution in [3.05, 3.63) is 88.2 Å². The Morgan fingerprint density at radius 1 is 1.03 bits per heavy atom. The average molecular weight is 450 g/mol. The highest BCUT2D eigenvalue weighted by Gasteiger charge is 2.12. The van der Waals surface area contributed by atoms with Crippen LogP contribution in [0.3, 0.4) is 0 Å². The number of rotatable bonds is 10. The third-order valence-electron chi connectivity index (χ3n) is 5.29. The van der Waals surface area contributed by atoms with E-state index in [1.165, 1.54) is 5.56 Å². The summed E-state index contributed by atoms with van der Waals surface area (Å²) in [5.41, 5.74) is 5.45. The Labute approximate surface area is 193 Å². The van der Waals surface area contributed by atoms with Crippen LogP contribution in [-0.4, -0.2) is 23.6 Å². The van der Waals surface area contributed by atoms with Gasteiger partial charge < -0.3 is 19.8 Å². The number of hydrogen-bond acceptors (Lipinski definition) is 4. The molecule has 166 valence electrons. The number of hydrogen-bond donors (Lipinski definition) is 2. The molecule has 0 radical (unpaired) electrons. The van der Waals surface area contributed by atoms with Crippen LogP contribution < -0.4 is 14.8 Å². The van der Waals surface area contributed by atoms with Gasteiger partial charge in [-0.2, -0.15) is 0 Å². The SMILES string of the molecule is COc1cc(CNCCCc2nc3ccccc3[nH]2)cc(Cl)c1OCc1cccc(C)c1. The molecular weight excluding hydrogens is 422 g/mol. The molecule has 3 aromatic carbocycles. The summed E-state index contributed by atoms with van der Waals surface area (Å²) in [6, 6.07) is 20.2. The summed E-state index contributed by atoms with van der Waals surface area (Å²) in [6.07, 6.45) is 1.89. The van der Waals surface area contributed by atoms with Gasteiger partial charge >= 0.3 is 0 Å². The summed E-state index contributed by atoms with van der Waals surface area (Å²) < 4.78 is 11.5. The predicted octanol–water partition coefficient (Wildman–Crippen LogP) is 5.83. The number of imidazole rings is 1. The zero-order valence-electron chi connectivity index (χ0n) is 18.5. The molecule has 0 aliphatic carbocycles. The van der Waals surface area contributed by atoms with E-state index in [2.05, 4.69) is 40.4 Å². The number of benzene rings is 3. The summed E-state index contributed by atoms with van der Waals surface area (Å²) >= 11 is 6.52. The van der Waals surface area contributed by atoms with Gasteiger partial charge in [0.2, 0.25) is 0 Å². The third kappa shape index (κ3) is 5.61. The van der Waals surface area contributed by atoms with E-state index in [-0.39, 0.29) is 0 Å². The van der Waals surface area contributed by atoms with Gasteiger partial charge in [-0.1, -0.05) is 53.6 Å². The van der Waals surface area contributed by atoms with Gasteiger partial charge in [0.25, 0.3) is 0 Å². The molecule has 0 fully saturated rings. The number of H-pyrrole nitrogens is 1. The topological polar surface area (TPSA) is 59.2 Å². The van der Waals surface area contributed by atoms with Crippen LogP contribution in [0.2, 0.25) is 5.02 Å². The quantitative estimate of drug-likeness (QED) is 0.299. The largest absolute Gasteiger partial charge is 0.493 e. The van der Waals surface area contributed by atoms with E-state index in [9.17, 15) is 0 Å². The number of halogens is 1. The van der Waals surface area contributed by atoms with Crippen LogP contribution in [0, 0.1) is 6.92 Å². The molecule has 0 atom stereocenters. The van der Waals surface area contributed by atoms with Gasteiger partial charge in [0.1, 0.15) is 12.4 Å². The molecule has 5 nitrogen and oxygen atoms in total. The molecule has 32 heavy (non-hydrogen) atoms. The van der Waals surface area contributed by atoms with Gasteiger partial charge in [-0.3, -0.25) is 0 Å². The second kappa shape index (κ2) is 10.5. The first-order valence-corrected chi connectivity index (χ1v) is 11.2. The van der Waals surface area contributed by atoms with E-state index in [4.69, 9.17) is 21.1 Å². The lowest BCUT2D eigenvalue weighted by atomic mass is 10.1. The number of nitrogens with one attached hydrogen (secondary N) is 2. The van der Waals surface area contributed by atoms with Gasteiger partial charge in [0.15, 0.2) is 11.5 Å². The minimum absolute atomic E-state index is 0.442. The highest BCUT2D eigenvalue weighted by Crippen LogP contribution is 2.37. The summed E-state index contributed by atoms with van der Waals surface area (Å²) in [5.74, 6) is 2.24. The third-order valence-corrected chi connectivity index (χ3v) is 5.57. The maximum Gasteiger partial charge on any atom is 0.180 e. The second-order valence-corrected chi connectivity index (χ2v) is 8.27. The molecule has 0 spiro atoms. The molecule has 6 heteroatoms. The molecule has 0 saturated carbocycles. The van der Waals surface area contributed by atoms with Crippen molar-refractivity contribution < 1.29 is 9.47 Å². The van der Waals surface area contributed by atoms with Crippen molar-refractivity contribution in [3.8, 4) is 11.5 Å². The lowest BCUT2D eigenvalue weighted by molar-refractivity contribution is 0.284. The molecule has 2 N–H and O–H groups in total. The highest BCUT2D eigenvalue weighted by atomic mass is 35.5. The molecule has 0 unspecified atom stereocenters. The number of aromatic nitrogens is 2. The monoisotopic (exact) mass is 449 g/mol. The lowest BCUT2D eigenvalue weighted by Crippen LogP contribution is -2.15. The lowest BCUT2D eigenvalue weighted by Gasteiger charge is -2.15. The van der Waals surface area contributed by atoms with E-state index in [0.717, 1.165) is 47.4 Å². The molecule has 0 aliphatic rings. The Balaban J connectivity index is 1.29. The minimum atomic E-state index is 0.442. The molecule has 1 heterocycles. The van der Waals surface area contributed by atoms with Crippen molar-refractivity contribution in [2.75, 3.05) is 13.7 Å². The number of aromatic amines is 1. The van der Waals surface area contributed by atoms with Gasteiger partial charge in [0.05, 0.1) is 23.2 Å².